The standard InChI is InChI=1S/C32H37N3O7S/c1-22-19-23(8-13-28(36)35-15-17-41-18-16-35)20-27(31(37)42-32(2,3)4)29(22)34-21-24-7-6-14-33-30(24)43(38,39)26-11-9-25(40-5)10-12-26/h6-14,19-20,34H,15-18,21H2,1-5H3/b13-8+. The van der Waals surface area contributed by atoms with Gasteiger partial charge in [-0.2, -0.15) is 0 Å². The van der Waals surface area contributed by atoms with Crippen LogP contribution >= 0.6 is 0 Å². The molecular formula is C32H37N3O7S. The topological polar surface area (TPSA) is 124 Å². The number of sulfone groups is 1. The number of esters is 1. The van der Waals surface area contributed by atoms with E-state index < -0.39 is 21.4 Å². The second-order valence-corrected chi connectivity index (χ2v) is 12.9. The zero-order chi connectivity index (χ0) is 31.2. The highest BCUT2D eigenvalue weighted by Gasteiger charge is 2.25. The Morgan fingerprint density at radius 2 is 1.79 bits per heavy atom. The van der Waals surface area contributed by atoms with Gasteiger partial charge in [0.1, 0.15) is 11.4 Å². The Balaban J connectivity index is 1.64. The Hall–Kier alpha value is -4.22. The number of morpholine rings is 1. The Bertz CT molecular complexity index is 1600. The summed E-state index contributed by atoms with van der Waals surface area (Å²) < 4.78 is 43.2. The van der Waals surface area contributed by atoms with E-state index in [9.17, 15) is 18.0 Å². The van der Waals surface area contributed by atoms with Crippen molar-refractivity contribution in [2.75, 3.05) is 38.7 Å². The number of methoxy groups -OCH3 is 1. The molecule has 1 aliphatic heterocycles. The zero-order valence-corrected chi connectivity index (χ0v) is 25.9. The number of pyridine rings is 1. The van der Waals surface area contributed by atoms with E-state index >= 15 is 0 Å². The summed E-state index contributed by atoms with van der Waals surface area (Å²) in [5, 5.41) is 3.16. The van der Waals surface area contributed by atoms with Crippen LogP contribution in [0.1, 0.15) is 47.8 Å². The van der Waals surface area contributed by atoms with Gasteiger partial charge in [0.05, 0.1) is 36.5 Å². The summed E-state index contributed by atoms with van der Waals surface area (Å²) in [6, 6.07) is 12.9. The summed E-state index contributed by atoms with van der Waals surface area (Å²) in [5.41, 5.74) is 1.79. The minimum Gasteiger partial charge on any atom is -0.497 e. The number of ether oxygens (including phenoxy) is 3. The van der Waals surface area contributed by atoms with Gasteiger partial charge in [-0.1, -0.05) is 6.07 Å². The lowest BCUT2D eigenvalue weighted by molar-refractivity contribution is -0.129. The average molecular weight is 608 g/mol. The number of rotatable bonds is 9. The highest BCUT2D eigenvalue weighted by atomic mass is 32.2. The van der Waals surface area contributed by atoms with Crippen molar-refractivity contribution in [2.45, 2.75) is 49.8 Å². The largest absolute Gasteiger partial charge is 0.497 e. The lowest BCUT2D eigenvalue weighted by atomic mass is 10.0. The molecule has 228 valence electrons. The van der Waals surface area contributed by atoms with E-state index in [1.165, 1.54) is 31.5 Å². The third-order valence-electron chi connectivity index (χ3n) is 6.65. The minimum atomic E-state index is -3.94. The lowest BCUT2D eigenvalue weighted by Crippen LogP contribution is -2.39. The van der Waals surface area contributed by atoms with Gasteiger partial charge in [-0.3, -0.25) is 4.79 Å². The summed E-state index contributed by atoms with van der Waals surface area (Å²) >= 11 is 0. The number of carbonyl (C=O) groups excluding carboxylic acids is 2. The van der Waals surface area contributed by atoms with Crippen LogP contribution in [-0.4, -0.2) is 69.2 Å². The molecule has 1 N–H and O–H groups in total. The fourth-order valence-electron chi connectivity index (χ4n) is 4.55. The maximum Gasteiger partial charge on any atom is 0.340 e. The van der Waals surface area contributed by atoms with Crippen LogP contribution in [0.25, 0.3) is 6.08 Å². The third kappa shape index (κ3) is 7.99. The lowest BCUT2D eigenvalue weighted by Gasteiger charge is -2.25. The van der Waals surface area contributed by atoms with Gasteiger partial charge in [0.25, 0.3) is 0 Å². The molecule has 4 rings (SSSR count). The maximum absolute atomic E-state index is 13.5. The number of nitrogens with zero attached hydrogens (tertiary/aromatic N) is 2. The molecule has 1 fully saturated rings. The molecule has 10 nitrogen and oxygen atoms in total. The van der Waals surface area contributed by atoms with Gasteiger partial charge in [-0.25, -0.2) is 18.2 Å². The monoisotopic (exact) mass is 607 g/mol. The predicted molar refractivity (Wildman–Crippen MR) is 163 cm³/mol. The zero-order valence-electron chi connectivity index (χ0n) is 25.0. The Labute approximate surface area is 252 Å². The summed E-state index contributed by atoms with van der Waals surface area (Å²) in [5.74, 6) is -0.148. The fraction of sp³-hybridized carbons (Fsp3) is 0.344. The van der Waals surface area contributed by atoms with Crippen LogP contribution in [0.5, 0.6) is 5.75 Å². The number of benzene rings is 2. The van der Waals surface area contributed by atoms with E-state index in [1.54, 1.807) is 62.1 Å². The molecule has 1 aliphatic rings. The van der Waals surface area contributed by atoms with Crippen molar-refractivity contribution >= 4 is 33.5 Å². The summed E-state index contributed by atoms with van der Waals surface area (Å²) in [7, 11) is -2.44. The van der Waals surface area contributed by atoms with Crippen LogP contribution in [0, 0.1) is 6.92 Å². The molecule has 2 heterocycles. The number of carbonyl (C=O) groups is 2. The highest BCUT2D eigenvalue weighted by molar-refractivity contribution is 7.91. The third-order valence-corrected chi connectivity index (χ3v) is 8.42. The number of amides is 1. The molecule has 0 radical (unpaired) electrons. The van der Waals surface area contributed by atoms with Gasteiger partial charge in [-0.05, 0) is 87.4 Å². The predicted octanol–water partition coefficient (Wildman–Crippen LogP) is 4.67. The number of hydrogen-bond acceptors (Lipinski definition) is 9. The van der Waals surface area contributed by atoms with Crippen molar-refractivity contribution in [2.24, 2.45) is 0 Å². The van der Waals surface area contributed by atoms with Crippen LogP contribution in [0.2, 0.25) is 0 Å². The first-order chi connectivity index (χ1) is 20.4. The van der Waals surface area contributed by atoms with Gasteiger partial charge < -0.3 is 24.4 Å². The van der Waals surface area contributed by atoms with Crippen molar-refractivity contribution in [3.05, 3.63) is 83.1 Å². The van der Waals surface area contributed by atoms with Crippen LogP contribution in [0.4, 0.5) is 5.69 Å². The van der Waals surface area contributed by atoms with E-state index in [0.717, 1.165) is 0 Å². The molecule has 1 amide bonds. The number of anilines is 1. The first kappa shape index (κ1) is 31.7. The molecule has 1 saturated heterocycles. The molecule has 0 saturated carbocycles. The van der Waals surface area contributed by atoms with E-state index in [-0.39, 0.29) is 27.9 Å². The number of aromatic nitrogens is 1. The van der Waals surface area contributed by atoms with E-state index in [4.69, 9.17) is 14.2 Å². The molecule has 0 bridgehead atoms. The quantitative estimate of drug-likeness (QED) is 0.273. The van der Waals surface area contributed by atoms with Gasteiger partial charge in [0.2, 0.25) is 15.7 Å². The van der Waals surface area contributed by atoms with Crippen molar-refractivity contribution in [3.8, 4) is 5.75 Å². The summed E-state index contributed by atoms with van der Waals surface area (Å²) in [6.07, 6.45) is 4.58. The Morgan fingerprint density at radius 1 is 1.09 bits per heavy atom. The molecule has 0 spiro atoms. The molecule has 0 unspecified atom stereocenters. The van der Waals surface area contributed by atoms with Gasteiger partial charge in [0, 0.05) is 37.5 Å². The van der Waals surface area contributed by atoms with Crippen molar-refractivity contribution in [1.82, 2.24) is 9.88 Å². The smallest absolute Gasteiger partial charge is 0.340 e. The molecule has 1 aromatic heterocycles. The number of aryl methyl sites for hydroxylation is 1. The summed E-state index contributed by atoms with van der Waals surface area (Å²) in [6.45, 7) is 9.29. The molecular weight excluding hydrogens is 570 g/mol. The average Bonchev–Trinajstić information content (AvgIpc) is 2.98. The van der Waals surface area contributed by atoms with Crippen LogP contribution in [0.15, 0.2) is 70.7 Å². The summed E-state index contributed by atoms with van der Waals surface area (Å²) in [4.78, 5) is 32.0. The fourth-order valence-corrected chi connectivity index (χ4v) is 5.95. The van der Waals surface area contributed by atoms with E-state index in [2.05, 4.69) is 10.3 Å². The van der Waals surface area contributed by atoms with Crippen LogP contribution in [0.3, 0.4) is 0 Å². The van der Waals surface area contributed by atoms with Crippen LogP contribution in [-0.2, 0) is 30.7 Å². The van der Waals surface area contributed by atoms with Crippen molar-refractivity contribution < 1.29 is 32.2 Å². The second-order valence-electron chi connectivity index (χ2n) is 11.0. The molecule has 0 aliphatic carbocycles. The Morgan fingerprint density at radius 3 is 2.44 bits per heavy atom. The first-order valence-electron chi connectivity index (χ1n) is 13.9. The normalized spacial score (nSPS) is 14.0. The molecule has 11 heteroatoms. The van der Waals surface area contributed by atoms with E-state index in [0.29, 0.717) is 54.4 Å². The second kappa shape index (κ2) is 13.4. The Kier molecular flexibility index (Phi) is 9.87. The van der Waals surface area contributed by atoms with Gasteiger partial charge in [0.15, 0.2) is 5.03 Å². The van der Waals surface area contributed by atoms with Crippen molar-refractivity contribution in [1.29, 1.82) is 0 Å². The molecule has 43 heavy (non-hydrogen) atoms. The minimum absolute atomic E-state index is 0.0693. The molecule has 3 aromatic rings. The van der Waals surface area contributed by atoms with Crippen LogP contribution < -0.4 is 10.1 Å². The highest BCUT2D eigenvalue weighted by Crippen LogP contribution is 2.29. The van der Waals surface area contributed by atoms with Crippen molar-refractivity contribution in [3.63, 3.8) is 0 Å². The molecule has 2 aromatic carbocycles. The van der Waals surface area contributed by atoms with Gasteiger partial charge in [-0.15, -0.1) is 0 Å². The van der Waals surface area contributed by atoms with E-state index in [1.807, 2.05) is 13.0 Å². The molecule has 0 atom stereocenters. The maximum atomic E-state index is 13.5. The first-order valence-corrected chi connectivity index (χ1v) is 15.4. The van der Waals surface area contributed by atoms with Gasteiger partial charge >= 0.3 is 5.97 Å². The SMILES string of the molecule is COc1ccc(S(=O)(=O)c2ncccc2CNc2c(C)cc(/C=C/C(=O)N3CCOCC3)cc2C(=O)OC(C)(C)C)cc1. The number of nitrogens with one attached hydrogen (secondary N) is 1. The number of hydrogen-bond donors (Lipinski definition) is 1.